The summed E-state index contributed by atoms with van der Waals surface area (Å²) < 4.78 is 8.32. The molecule has 2 aromatic carbocycles. The molecule has 0 amide bonds. The molecule has 0 saturated heterocycles. The maximum atomic E-state index is 6.44. The van der Waals surface area contributed by atoms with Crippen molar-refractivity contribution in [3.05, 3.63) is 66.5 Å². The molecule has 0 aromatic heterocycles. The predicted octanol–water partition coefficient (Wildman–Crippen LogP) is 7.71. The summed E-state index contributed by atoms with van der Waals surface area (Å²) in [7, 11) is 0. The van der Waals surface area contributed by atoms with Gasteiger partial charge in [-0.1, -0.05) is 67.2 Å². The van der Waals surface area contributed by atoms with Gasteiger partial charge in [0.2, 0.25) is 0 Å². The van der Waals surface area contributed by atoms with Crippen molar-refractivity contribution in [2.45, 2.75) is 38.9 Å². The van der Waals surface area contributed by atoms with Crippen molar-refractivity contribution in [3.63, 3.8) is 0 Å². The van der Waals surface area contributed by atoms with E-state index < -0.39 is 11.2 Å². The first-order valence-electron chi connectivity index (χ1n) is 7.14. The third-order valence-electron chi connectivity index (χ3n) is 3.67. The molecule has 1 nitrogen and oxygen atoms in total. The Hall–Kier alpha value is -0.0600. The van der Waals surface area contributed by atoms with Gasteiger partial charge in [-0.2, -0.15) is 0 Å². The number of hydrogen-bond donors (Lipinski definition) is 0. The Bertz CT molecular complexity index is 665. The summed E-state index contributed by atoms with van der Waals surface area (Å²) in [4.78, 5) is 0. The van der Waals surface area contributed by atoms with Crippen LogP contribution in [-0.2, 0) is 15.9 Å². The molecule has 2 aromatic rings. The van der Waals surface area contributed by atoms with Gasteiger partial charge in [0.15, 0.2) is 0 Å². The van der Waals surface area contributed by atoms with Gasteiger partial charge in [-0.25, -0.2) is 0 Å². The van der Waals surface area contributed by atoms with Crippen molar-refractivity contribution >= 4 is 55.1 Å². The first kappa shape index (κ1) is 19.3. The molecule has 0 aliphatic carbocycles. The van der Waals surface area contributed by atoms with Gasteiger partial charge in [-0.3, -0.25) is 0 Å². The van der Waals surface area contributed by atoms with Gasteiger partial charge in [0, 0.05) is 30.1 Å². The summed E-state index contributed by atoms with van der Waals surface area (Å²) in [5.41, 5.74) is 0.724. The standard InChI is InChI=1S/C18H18Br2Cl2O/c1-17(2,13-7-5-11(19)9-15(13)21)23-18(3,4)14-8-6-12(20)10-16(14)22/h5-10H,1-4H3. The second-order valence-electron chi connectivity index (χ2n) is 6.37. The van der Waals surface area contributed by atoms with Gasteiger partial charge in [0.05, 0.1) is 11.2 Å². The van der Waals surface area contributed by atoms with E-state index >= 15 is 0 Å². The fourth-order valence-corrected chi connectivity index (χ4v) is 4.51. The molecule has 0 heterocycles. The van der Waals surface area contributed by atoms with Crippen molar-refractivity contribution < 1.29 is 4.74 Å². The maximum Gasteiger partial charge on any atom is 0.0901 e. The fourth-order valence-electron chi connectivity index (χ4n) is 2.70. The summed E-state index contributed by atoms with van der Waals surface area (Å²) in [6.45, 7) is 8.04. The molecule has 0 aliphatic rings. The molecular formula is C18H18Br2Cl2O. The molecule has 0 fully saturated rings. The second-order valence-corrected chi connectivity index (χ2v) is 9.02. The highest BCUT2D eigenvalue weighted by Crippen LogP contribution is 2.41. The van der Waals surface area contributed by atoms with Gasteiger partial charge in [0.25, 0.3) is 0 Å². The van der Waals surface area contributed by atoms with Crippen molar-refractivity contribution in [1.29, 1.82) is 0 Å². The molecule has 0 aliphatic heterocycles. The fraction of sp³-hybridized carbons (Fsp3) is 0.333. The summed E-state index contributed by atoms with van der Waals surface area (Å²) in [5, 5.41) is 1.34. The zero-order chi connectivity index (χ0) is 17.4. The van der Waals surface area contributed by atoms with Crippen molar-refractivity contribution in [2.24, 2.45) is 0 Å². The topological polar surface area (TPSA) is 9.23 Å². The van der Waals surface area contributed by atoms with Crippen molar-refractivity contribution in [2.75, 3.05) is 0 Å². The lowest BCUT2D eigenvalue weighted by molar-refractivity contribution is -0.132. The Morgan fingerprint density at radius 2 is 1.09 bits per heavy atom. The average molecular weight is 481 g/mol. The molecule has 5 heteroatoms. The zero-order valence-corrected chi connectivity index (χ0v) is 18.1. The normalized spacial score (nSPS) is 12.5. The van der Waals surface area contributed by atoms with Gasteiger partial charge in [-0.15, -0.1) is 0 Å². The molecule has 23 heavy (non-hydrogen) atoms. The predicted molar refractivity (Wildman–Crippen MR) is 105 cm³/mol. The van der Waals surface area contributed by atoms with Gasteiger partial charge >= 0.3 is 0 Å². The highest BCUT2D eigenvalue weighted by molar-refractivity contribution is 9.10. The van der Waals surface area contributed by atoms with Gasteiger partial charge in [-0.05, 0) is 52.0 Å². The quantitative estimate of drug-likeness (QED) is 0.435. The molecule has 2 rings (SSSR count). The van der Waals surface area contributed by atoms with Gasteiger partial charge in [0.1, 0.15) is 0 Å². The van der Waals surface area contributed by atoms with E-state index in [1.165, 1.54) is 0 Å². The average Bonchev–Trinajstić information content (AvgIpc) is 2.35. The first-order valence-corrected chi connectivity index (χ1v) is 9.48. The Morgan fingerprint density at radius 1 is 0.739 bits per heavy atom. The monoisotopic (exact) mass is 478 g/mol. The van der Waals surface area contributed by atoms with Crippen molar-refractivity contribution in [1.82, 2.24) is 0 Å². The largest absolute Gasteiger partial charge is 0.360 e. The van der Waals surface area contributed by atoms with E-state index in [4.69, 9.17) is 27.9 Å². The molecule has 0 unspecified atom stereocenters. The summed E-state index contributed by atoms with van der Waals surface area (Å²) in [6, 6.07) is 11.6. The number of hydrogen-bond acceptors (Lipinski definition) is 1. The van der Waals surface area contributed by atoms with E-state index in [0.717, 1.165) is 20.1 Å². The summed E-state index contributed by atoms with van der Waals surface area (Å²) in [6.07, 6.45) is 0. The molecule has 0 spiro atoms. The molecule has 0 atom stereocenters. The summed E-state index contributed by atoms with van der Waals surface area (Å²) >= 11 is 19.7. The number of halogens is 4. The van der Waals surface area contributed by atoms with Gasteiger partial charge < -0.3 is 4.74 Å². The van der Waals surface area contributed by atoms with E-state index in [2.05, 4.69) is 31.9 Å². The molecule has 0 N–H and O–H groups in total. The molecule has 124 valence electrons. The van der Waals surface area contributed by atoms with E-state index in [1.807, 2.05) is 64.1 Å². The van der Waals surface area contributed by atoms with E-state index in [1.54, 1.807) is 0 Å². The molecular weight excluding hydrogens is 463 g/mol. The Kier molecular flexibility index (Phi) is 5.91. The van der Waals surface area contributed by atoms with E-state index in [9.17, 15) is 0 Å². The second kappa shape index (κ2) is 7.05. The highest BCUT2D eigenvalue weighted by Gasteiger charge is 2.34. The molecule has 0 bridgehead atoms. The van der Waals surface area contributed by atoms with Crippen LogP contribution in [0.4, 0.5) is 0 Å². The lowest BCUT2D eigenvalue weighted by Gasteiger charge is -2.37. The van der Waals surface area contributed by atoms with Crippen LogP contribution < -0.4 is 0 Å². The van der Waals surface area contributed by atoms with Crippen LogP contribution in [0.3, 0.4) is 0 Å². The molecule has 0 radical (unpaired) electrons. The number of ether oxygens (including phenoxy) is 1. The van der Waals surface area contributed by atoms with Crippen LogP contribution in [0.15, 0.2) is 45.3 Å². The first-order chi connectivity index (χ1) is 10.5. The lowest BCUT2D eigenvalue weighted by atomic mass is 9.93. The number of benzene rings is 2. The lowest BCUT2D eigenvalue weighted by Crippen LogP contribution is -2.34. The van der Waals surface area contributed by atoms with Crippen LogP contribution in [0.25, 0.3) is 0 Å². The van der Waals surface area contributed by atoms with Crippen LogP contribution in [0.5, 0.6) is 0 Å². The van der Waals surface area contributed by atoms with Crippen LogP contribution in [-0.4, -0.2) is 0 Å². The maximum absolute atomic E-state index is 6.44. The van der Waals surface area contributed by atoms with Crippen molar-refractivity contribution in [3.8, 4) is 0 Å². The van der Waals surface area contributed by atoms with Crippen LogP contribution in [0.1, 0.15) is 38.8 Å². The SMILES string of the molecule is CC(C)(OC(C)(C)c1ccc(Br)cc1Cl)c1ccc(Br)cc1Cl. The highest BCUT2D eigenvalue weighted by atomic mass is 79.9. The number of rotatable bonds is 4. The third kappa shape index (κ3) is 4.52. The minimum Gasteiger partial charge on any atom is -0.360 e. The minimum atomic E-state index is -0.572. The van der Waals surface area contributed by atoms with E-state index in [0.29, 0.717) is 10.0 Å². The Balaban J connectivity index is 2.37. The molecule has 0 saturated carbocycles. The van der Waals surface area contributed by atoms with Crippen LogP contribution in [0, 0.1) is 0 Å². The summed E-state index contributed by atoms with van der Waals surface area (Å²) in [5.74, 6) is 0. The Morgan fingerprint density at radius 3 is 1.39 bits per heavy atom. The minimum absolute atomic E-state index is 0.572. The third-order valence-corrected chi connectivity index (χ3v) is 5.28. The van der Waals surface area contributed by atoms with Crippen LogP contribution >= 0.6 is 55.1 Å². The van der Waals surface area contributed by atoms with E-state index in [-0.39, 0.29) is 0 Å². The smallest absolute Gasteiger partial charge is 0.0901 e. The Labute approximate surface area is 164 Å². The zero-order valence-electron chi connectivity index (χ0n) is 13.4. The van der Waals surface area contributed by atoms with Crippen LogP contribution in [0.2, 0.25) is 10.0 Å².